The second-order valence-corrected chi connectivity index (χ2v) is 7.52. The first-order valence-corrected chi connectivity index (χ1v) is 9.63. The fraction of sp³-hybridized carbons (Fsp3) is 0.333. The van der Waals surface area contributed by atoms with E-state index in [1.165, 1.54) is 37.7 Å². The maximum absolute atomic E-state index is 12.2. The highest BCUT2D eigenvalue weighted by molar-refractivity contribution is 9.10. The molecule has 4 heteroatoms. The summed E-state index contributed by atoms with van der Waals surface area (Å²) in [7, 11) is 0. The van der Waals surface area contributed by atoms with E-state index < -0.39 is 0 Å². The summed E-state index contributed by atoms with van der Waals surface area (Å²) in [5.74, 6) is 0.496. The van der Waals surface area contributed by atoms with Crippen molar-refractivity contribution in [3.63, 3.8) is 0 Å². The topological polar surface area (TPSA) is 41.5 Å². The number of amides is 1. The molecule has 0 aliphatic heterocycles. The molecule has 0 unspecified atom stereocenters. The molecule has 0 spiro atoms. The zero-order chi connectivity index (χ0) is 17.6. The molecule has 0 radical (unpaired) electrons. The van der Waals surface area contributed by atoms with Crippen LogP contribution in [0.1, 0.15) is 66.4 Å². The molecule has 3 nitrogen and oxygen atoms in total. The van der Waals surface area contributed by atoms with Crippen LogP contribution in [0.3, 0.4) is 0 Å². The van der Waals surface area contributed by atoms with E-state index in [1.807, 2.05) is 19.1 Å². The predicted octanol–water partition coefficient (Wildman–Crippen LogP) is 5.65. The van der Waals surface area contributed by atoms with Crippen LogP contribution in [0.5, 0.6) is 0 Å². The zero-order valence-electron chi connectivity index (χ0n) is 14.5. The van der Waals surface area contributed by atoms with Gasteiger partial charge in [-0.3, -0.25) is 4.79 Å². The number of nitrogens with zero attached hydrogens (tertiary/aromatic N) is 1. The minimum Gasteiger partial charge on any atom is -0.267 e. The maximum Gasteiger partial charge on any atom is 0.271 e. The van der Waals surface area contributed by atoms with E-state index >= 15 is 0 Å². The average molecular weight is 399 g/mol. The number of carbonyl (C=O) groups is 1. The third-order valence-electron chi connectivity index (χ3n) is 4.82. The van der Waals surface area contributed by atoms with Crippen molar-refractivity contribution >= 4 is 27.5 Å². The number of hydrogen-bond donors (Lipinski definition) is 1. The van der Waals surface area contributed by atoms with E-state index in [0.717, 1.165) is 15.7 Å². The first-order valence-electron chi connectivity index (χ1n) is 8.84. The Bertz CT molecular complexity index is 762. The molecule has 0 saturated heterocycles. The van der Waals surface area contributed by atoms with Crippen molar-refractivity contribution in [1.29, 1.82) is 0 Å². The summed E-state index contributed by atoms with van der Waals surface area (Å²) < 4.78 is 0.874. The average Bonchev–Trinajstić information content (AvgIpc) is 2.66. The minimum atomic E-state index is -0.209. The Labute approximate surface area is 157 Å². The molecule has 25 heavy (non-hydrogen) atoms. The van der Waals surface area contributed by atoms with Crippen molar-refractivity contribution in [2.45, 2.75) is 44.9 Å². The Morgan fingerprint density at radius 3 is 2.44 bits per heavy atom. The van der Waals surface area contributed by atoms with E-state index in [4.69, 9.17) is 0 Å². The van der Waals surface area contributed by atoms with Crippen molar-refractivity contribution in [1.82, 2.24) is 5.43 Å². The van der Waals surface area contributed by atoms with Gasteiger partial charge in [-0.1, -0.05) is 65.5 Å². The van der Waals surface area contributed by atoms with Gasteiger partial charge < -0.3 is 0 Å². The van der Waals surface area contributed by atoms with Crippen molar-refractivity contribution in [3.05, 3.63) is 69.7 Å². The molecule has 2 aromatic carbocycles. The molecule has 3 rings (SSSR count). The van der Waals surface area contributed by atoms with Crippen molar-refractivity contribution in [2.75, 3.05) is 0 Å². The number of hydrogen-bond acceptors (Lipinski definition) is 2. The highest BCUT2D eigenvalue weighted by Gasteiger charge is 2.15. The zero-order valence-corrected chi connectivity index (χ0v) is 16.1. The van der Waals surface area contributed by atoms with Crippen LogP contribution >= 0.6 is 15.9 Å². The molecule has 130 valence electrons. The highest BCUT2D eigenvalue weighted by Crippen LogP contribution is 2.32. The molecule has 1 fully saturated rings. The third kappa shape index (κ3) is 4.79. The fourth-order valence-corrected chi connectivity index (χ4v) is 3.73. The molecule has 0 heterocycles. The molecule has 1 N–H and O–H groups in total. The SMILES string of the molecule is C/C(=N\NC(=O)c1cccc(Br)c1)c1ccc(C2CCCCC2)cc1. The largest absolute Gasteiger partial charge is 0.271 e. The lowest BCUT2D eigenvalue weighted by atomic mass is 9.84. The number of halogens is 1. The van der Waals surface area contributed by atoms with Crippen LogP contribution < -0.4 is 5.43 Å². The lowest BCUT2D eigenvalue weighted by molar-refractivity contribution is 0.0955. The van der Waals surface area contributed by atoms with E-state index in [-0.39, 0.29) is 5.91 Å². The molecular formula is C21H23BrN2O. The van der Waals surface area contributed by atoms with E-state index in [1.54, 1.807) is 12.1 Å². The molecule has 0 bridgehead atoms. The molecule has 0 aromatic heterocycles. The highest BCUT2D eigenvalue weighted by atomic mass is 79.9. The van der Waals surface area contributed by atoms with Crippen molar-refractivity contribution in [3.8, 4) is 0 Å². The second-order valence-electron chi connectivity index (χ2n) is 6.61. The lowest BCUT2D eigenvalue weighted by Gasteiger charge is -2.22. The van der Waals surface area contributed by atoms with Gasteiger partial charge in [0.2, 0.25) is 0 Å². The number of nitrogens with one attached hydrogen (secondary N) is 1. The summed E-state index contributed by atoms with van der Waals surface area (Å²) in [6, 6.07) is 15.9. The number of carbonyl (C=O) groups excluding carboxylic acids is 1. The van der Waals surface area contributed by atoms with Gasteiger partial charge >= 0.3 is 0 Å². The summed E-state index contributed by atoms with van der Waals surface area (Å²) >= 11 is 3.37. The predicted molar refractivity (Wildman–Crippen MR) is 106 cm³/mol. The van der Waals surface area contributed by atoms with Gasteiger partial charge in [-0.25, -0.2) is 5.43 Å². The molecule has 1 saturated carbocycles. The van der Waals surface area contributed by atoms with Gasteiger partial charge in [0, 0.05) is 10.0 Å². The first kappa shape index (κ1) is 17.9. The number of benzene rings is 2. The van der Waals surface area contributed by atoms with Gasteiger partial charge in [0.25, 0.3) is 5.91 Å². The Morgan fingerprint density at radius 2 is 1.76 bits per heavy atom. The molecule has 2 aromatic rings. The molecule has 1 amide bonds. The minimum absolute atomic E-state index is 0.209. The van der Waals surface area contributed by atoms with Gasteiger partial charge in [0.05, 0.1) is 5.71 Å². The molecule has 1 aliphatic carbocycles. The summed E-state index contributed by atoms with van der Waals surface area (Å²) in [5.41, 5.74) is 6.48. The smallest absolute Gasteiger partial charge is 0.267 e. The fourth-order valence-electron chi connectivity index (χ4n) is 3.33. The Morgan fingerprint density at radius 1 is 1.04 bits per heavy atom. The van der Waals surface area contributed by atoms with Crippen LogP contribution in [-0.4, -0.2) is 11.6 Å². The standard InChI is InChI=1S/C21H23BrN2O/c1-15(23-24-21(25)19-8-5-9-20(22)14-19)16-10-12-18(13-11-16)17-6-3-2-4-7-17/h5,8-14,17H,2-4,6-7H2,1H3,(H,24,25)/b23-15+. The maximum atomic E-state index is 12.2. The van der Waals surface area contributed by atoms with E-state index in [2.05, 4.69) is 50.7 Å². The van der Waals surface area contributed by atoms with Gasteiger partial charge in [0.15, 0.2) is 0 Å². The van der Waals surface area contributed by atoms with Gasteiger partial charge in [-0.05, 0) is 55.0 Å². The summed E-state index contributed by atoms with van der Waals surface area (Å²) in [4.78, 5) is 12.2. The van der Waals surface area contributed by atoms with Crippen molar-refractivity contribution < 1.29 is 4.79 Å². The molecular weight excluding hydrogens is 376 g/mol. The van der Waals surface area contributed by atoms with Crippen molar-refractivity contribution in [2.24, 2.45) is 5.10 Å². The molecule has 0 atom stereocenters. The summed E-state index contributed by atoms with van der Waals surface area (Å²) in [6.07, 6.45) is 6.66. The van der Waals surface area contributed by atoms with E-state index in [0.29, 0.717) is 11.5 Å². The number of rotatable bonds is 4. The van der Waals surface area contributed by atoms with Gasteiger partial charge in [-0.2, -0.15) is 5.10 Å². The second kappa shape index (κ2) is 8.43. The van der Waals surface area contributed by atoms with Crippen LogP contribution in [0, 0.1) is 0 Å². The van der Waals surface area contributed by atoms with Gasteiger partial charge in [-0.15, -0.1) is 0 Å². The lowest BCUT2D eigenvalue weighted by Crippen LogP contribution is -2.19. The summed E-state index contributed by atoms with van der Waals surface area (Å²) in [6.45, 7) is 1.91. The van der Waals surface area contributed by atoms with Gasteiger partial charge in [0.1, 0.15) is 0 Å². The Kier molecular flexibility index (Phi) is 6.03. The third-order valence-corrected chi connectivity index (χ3v) is 5.31. The number of hydrazone groups is 1. The van der Waals surface area contributed by atoms with Crippen LogP contribution in [0.25, 0.3) is 0 Å². The Balaban J connectivity index is 1.64. The monoisotopic (exact) mass is 398 g/mol. The summed E-state index contributed by atoms with van der Waals surface area (Å²) in [5, 5.41) is 4.24. The van der Waals surface area contributed by atoms with E-state index in [9.17, 15) is 4.79 Å². The quantitative estimate of drug-likeness (QED) is 0.524. The molecule has 1 aliphatic rings. The first-order chi connectivity index (χ1) is 12.1. The normalized spacial score (nSPS) is 15.8. The van der Waals surface area contributed by atoms with Crippen LogP contribution in [0.15, 0.2) is 58.1 Å². The van der Waals surface area contributed by atoms with Crippen LogP contribution in [0.2, 0.25) is 0 Å². The van der Waals surface area contributed by atoms with Crippen LogP contribution in [-0.2, 0) is 0 Å². The Hall–Kier alpha value is -1.94. The van der Waals surface area contributed by atoms with Crippen LogP contribution in [0.4, 0.5) is 0 Å².